The highest BCUT2D eigenvalue weighted by Crippen LogP contribution is 2.02. The van der Waals surface area contributed by atoms with Crippen LogP contribution in [-0.2, 0) is 25.5 Å². The van der Waals surface area contributed by atoms with E-state index in [1.165, 1.54) is 6.92 Å². The van der Waals surface area contributed by atoms with Crippen molar-refractivity contribution in [3.8, 4) is 0 Å². The summed E-state index contributed by atoms with van der Waals surface area (Å²) in [6.45, 7) is 0.848. The Hall–Kier alpha value is -2.45. The first kappa shape index (κ1) is 19.6. The topological polar surface area (TPSA) is 131 Å². The molecule has 1 rings (SSSR count). The van der Waals surface area contributed by atoms with Gasteiger partial charge in [-0.3, -0.25) is 9.59 Å². The zero-order valence-corrected chi connectivity index (χ0v) is 13.7. The van der Waals surface area contributed by atoms with Gasteiger partial charge in [-0.15, -0.1) is 0 Å². The largest absolute Gasteiger partial charge is 0.467 e. The second-order valence-electron chi connectivity index (χ2n) is 5.29. The number of hydrogen-bond donors (Lipinski definition) is 4. The SMILES string of the molecule is COC(=O)[C@H](CO)NC(=O)[C@@H](C)NC(=O)[C@H](N)Cc1ccccc1. The van der Waals surface area contributed by atoms with Crippen LogP contribution in [0.2, 0.25) is 0 Å². The molecular formula is C16H23N3O5. The van der Waals surface area contributed by atoms with Crippen molar-refractivity contribution in [3.05, 3.63) is 35.9 Å². The minimum Gasteiger partial charge on any atom is -0.467 e. The molecule has 2 amide bonds. The van der Waals surface area contributed by atoms with Gasteiger partial charge in [0, 0.05) is 0 Å². The summed E-state index contributed by atoms with van der Waals surface area (Å²) in [4.78, 5) is 35.3. The molecule has 0 bridgehead atoms. The molecule has 0 fully saturated rings. The van der Waals surface area contributed by atoms with Crippen molar-refractivity contribution in [2.24, 2.45) is 5.73 Å². The average Bonchev–Trinajstić information content (AvgIpc) is 2.59. The molecule has 132 valence electrons. The first-order valence-electron chi connectivity index (χ1n) is 7.48. The molecule has 5 N–H and O–H groups in total. The van der Waals surface area contributed by atoms with E-state index < -0.39 is 42.5 Å². The van der Waals surface area contributed by atoms with Crippen LogP contribution in [0.15, 0.2) is 30.3 Å². The van der Waals surface area contributed by atoms with Gasteiger partial charge in [-0.05, 0) is 18.9 Å². The minimum atomic E-state index is -1.18. The number of amides is 2. The van der Waals surface area contributed by atoms with Crippen LogP contribution in [0.3, 0.4) is 0 Å². The summed E-state index contributed by atoms with van der Waals surface area (Å²) in [5.74, 6) is -1.88. The van der Waals surface area contributed by atoms with E-state index in [4.69, 9.17) is 10.8 Å². The number of rotatable bonds is 8. The van der Waals surface area contributed by atoms with Gasteiger partial charge in [-0.2, -0.15) is 0 Å². The monoisotopic (exact) mass is 337 g/mol. The highest BCUT2D eigenvalue weighted by molar-refractivity contribution is 5.91. The van der Waals surface area contributed by atoms with Crippen LogP contribution in [-0.4, -0.2) is 54.7 Å². The number of hydrogen-bond acceptors (Lipinski definition) is 6. The summed E-state index contributed by atoms with van der Waals surface area (Å²) < 4.78 is 4.45. The van der Waals surface area contributed by atoms with Crippen LogP contribution >= 0.6 is 0 Å². The number of carbonyl (C=O) groups excluding carboxylic acids is 3. The molecule has 0 aliphatic rings. The maximum absolute atomic E-state index is 12.1. The van der Waals surface area contributed by atoms with Crippen LogP contribution in [0.25, 0.3) is 0 Å². The van der Waals surface area contributed by atoms with Crippen molar-refractivity contribution in [2.45, 2.75) is 31.5 Å². The third-order valence-corrected chi connectivity index (χ3v) is 3.37. The predicted molar refractivity (Wildman–Crippen MR) is 86.8 cm³/mol. The molecule has 0 unspecified atom stereocenters. The van der Waals surface area contributed by atoms with Crippen molar-refractivity contribution in [1.29, 1.82) is 0 Å². The standard InChI is InChI=1S/C16H23N3O5/c1-10(14(21)19-13(9-20)16(23)24-2)18-15(22)12(17)8-11-6-4-3-5-7-11/h3-7,10,12-13,20H,8-9,17H2,1-2H3,(H,18,22)(H,19,21)/t10-,12-,13+/m1/s1. The fourth-order valence-electron chi connectivity index (χ4n) is 1.96. The minimum absolute atomic E-state index is 0.336. The Morgan fingerprint density at radius 3 is 2.33 bits per heavy atom. The molecule has 0 spiro atoms. The van der Waals surface area contributed by atoms with Crippen LogP contribution in [0, 0.1) is 0 Å². The van der Waals surface area contributed by atoms with Crippen LogP contribution in [0.5, 0.6) is 0 Å². The van der Waals surface area contributed by atoms with Crippen molar-refractivity contribution in [3.63, 3.8) is 0 Å². The van der Waals surface area contributed by atoms with Crippen molar-refractivity contribution in [1.82, 2.24) is 10.6 Å². The number of methoxy groups -OCH3 is 1. The fraction of sp³-hybridized carbons (Fsp3) is 0.438. The molecule has 0 heterocycles. The second kappa shape index (κ2) is 9.64. The Labute approximate surface area is 140 Å². The number of ether oxygens (including phenoxy) is 1. The highest BCUT2D eigenvalue weighted by Gasteiger charge is 2.25. The van der Waals surface area contributed by atoms with Crippen molar-refractivity contribution < 1.29 is 24.2 Å². The van der Waals surface area contributed by atoms with E-state index in [0.717, 1.165) is 12.7 Å². The molecule has 0 radical (unpaired) electrons. The van der Waals surface area contributed by atoms with Crippen LogP contribution < -0.4 is 16.4 Å². The Kier molecular flexibility index (Phi) is 7.87. The normalized spacial score (nSPS) is 14.2. The predicted octanol–water partition coefficient (Wildman–Crippen LogP) is -1.29. The summed E-state index contributed by atoms with van der Waals surface area (Å²) in [7, 11) is 1.14. The molecule has 24 heavy (non-hydrogen) atoms. The smallest absolute Gasteiger partial charge is 0.330 e. The lowest BCUT2D eigenvalue weighted by atomic mass is 10.1. The van der Waals surface area contributed by atoms with E-state index in [9.17, 15) is 14.4 Å². The summed E-state index contributed by atoms with van der Waals surface area (Å²) in [5, 5.41) is 13.8. The fourth-order valence-corrected chi connectivity index (χ4v) is 1.96. The van der Waals surface area contributed by atoms with E-state index in [-0.39, 0.29) is 0 Å². The molecule has 3 atom stereocenters. The van der Waals surface area contributed by atoms with Crippen molar-refractivity contribution >= 4 is 17.8 Å². The van der Waals surface area contributed by atoms with E-state index in [1.807, 2.05) is 30.3 Å². The lowest BCUT2D eigenvalue weighted by molar-refractivity contribution is -0.146. The van der Waals surface area contributed by atoms with Gasteiger partial charge in [-0.25, -0.2) is 4.79 Å². The first-order chi connectivity index (χ1) is 11.4. The van der Waals surface area contributed by atoms with Crippen molar-refractivity contribution in [2.75, 3.05) is 13.7 Å². The maximum Gasteiger partial charge on any atom is 0.330 e. The Morgan fingerprint density at radius 2 is 1.79 bits per heavy atom. The Morgan fingerprint density at radius 1 is 1.17 bits per heavy atom. The van der Waals surface area contributed by atoms with Gasteiger partial charge in [0.05, 0.1) is 19.8 Å². The maximum atomic E-state index is 12.1. The number of nitrogens with one attached hydrogen (secondary N) is 2. The van der Waals surface area contributed by atoms with Crippen LogP contribution in [0.4, 0.5) is 0 Å². The van der Waals surface area contributed by atoms with E-state index in [1.54, 1.807) is 0 Å². The van der Waals surface area contributed by atoms with Gasteiger partial charge in [0.2, 0.25) is 11.8 Å². The van der Waals surface area contributed by atoms with Gasteiger partial charge < -0.3 is 26.2 Å². The number of nitrogens with two attached hydrogens (primary N) is 1. The number of aliphatic hydroxyl groups excluding tert-OH is 1. The molecule has 0 aliphatic heterocycles. The third-order valence-electron chi connectivity index (χ3n) is 3.37. The summed E-state index contributed by atoms with van der Waals surface area (Å²) in [5.41, 5.74) is 6.74. The highest BCUT2D eigenvalue weighted by atomic mass is 16.5. The number of benzene rings is 1. The molecule has 8 heteroatoms. The molecule has 1 aromatic rings. The quantitative estimate of drug-likeness (QED) is 0.437. The summed E-state index contributed by atoms with van der Waals surface area (Å²) in [6.07, 6.45) is 0.336. The Balaban J connectivity index is 2.53. The number of carbonyl (C=O) groups is 3. The van der Waals surface area contributed by atoms with E-state index in [2.05, 4.69) is 15.4 Å². The second-order valence-corrected chi connectivity index (χ2v) is 5.29. The first-order valence-corrected chi connectivity index (χ1v) is 7.48. The number of aliphatic hydroxyl groups is 1. The molecular weight excluding hydrogens is 314 g/mol. The van der Waals surface area contributed by atoms with Gasteiger partial charge in [0.15, 0.2) is 6.04 Å². The van der Waals surface area contributed by atoms with Gasteiger partial charge in [0.25, 0.3) is 0 Å². The molecule has 8 nitrogen and oxygen atoms in total. The van der Waals surface area contributed by atoms with E-state index >= 15 is 0 Å². The van der Waals surface area contributed by atoms with Gasteiger partial charge in [-0.1, -0.05) is 30.3 Å². The van der Waals surface area contributed by atoms with Crippen LogP contribution in [0.1, 0.15) is 12.5 Å². The molecule has 0 aromatic heterocycles. The number of esters is 1. The zero-order chi connectivity index (χ0) is 18.1. The lowest BCUT2D eigenvalue weighted by Crippen LogP contribution is -2.54. The third kappa shape index (κ3) is 5.98. The average molecular weight is 337 g/mol. The van der Waals surface area contributed by atoms with Gasteiger partial charge in [0.1, 0.15) is 6.04 Å². The Bertz CT molecular complexity index is 564. The van der Waals surface area contributed by atoms with E-state index in [0.29, 0.717) is 6.42 Å². The summed E-state index contributed by atoms with van der Waals surface area (Å²) >= 11 is 0. The van der Waals surface area contributed by atoms with Gasteiger partial charge >= 0.3 is 5.97 Å². The molecule has 0 saturated heterocycles. The molecule has 0 saturated carbocycles. The summed E-state index contributed by atoms with van der Waals surface area (Å²) in [6, 6.07) is 6.35. The zero-order valence-electron chi connectivity index (χ0n) is 13.7. The lowest BCUT2D eigenvalue weighted by Gasteiger charge is -2.20. The molecule has 0 aliphatic carbocycles. The molecule has 1 aromatic carbocycles.